The summed E-state index contributed by atoms with van der Waals surface area (Å²) in [5.74, 6) is 0.196. The predicted octanol–water partition coefficient (Wildman–Crippen LogP) is 4.84. The lowest BCUT2D eigenvalue weighted by Gasteiger charge is -2.36. The lowest BCUT2D eigenvalue weighted by Crippen LogP contribution is -2.40. The van der Waals surface area contributed by atoms with Crippen LogP contribution in [0.25, 0.3) is 0 Å². The van der Waals surface area contributed by atoms with Gasteiger partial charge in [-0.25, -0.2) is 0 Å². The Hall–Kier alpha value is -2.92. The van der Waals surface area contributed by atoms with E-state index in [-0.39, 0.29) is 17.9 Å². The lowest BCUT2D eigenvalue weighted by molar-refractivity contribution is -0.118. The van der Waals surface area contributed by atoms with Crippen LogP contribution < -0.4 is 4.90 Å². The van der Waals surface area contributed by atoms with Crippen LogP contribution in [0.2, 0.25) is 0 Å². The summed E-state index contributed by atoms with van der Waals surface area (Å²) in [4.78, 5) is 31.0. The van der Waals surface area contributed by atoms with E-state index in [1.165, 1.54) is 10.4 Å². The Kier molecular flexibility index (Phi) is 4.91. The Bertz CT molecular complexity index is 1110. The van der Waals surface area contributed by atoms with E-state index in [1.54, 1.807) is 11.3 Å². The summed E-state index contributed by atoms with van der Waals surface area (Å²) in [7, 11) is 0. The summed E-state index contributed by atoms with van der Waals surface area (Å²) in [5.41, 5.74) is 5.14. The second-order valence-electron chi connectivity index (χ2n) is 7.85. The van der Waals surface area contributed by atoms with Crippen molar-refractivity contribution in [1.82, 2.24) is 4.90 Å². The Morgan fingerprint density at radius 3 is 2.67 bits per heavy atom. The maximum absolute atomic E-state index is 13.6. The first kappa shape index (κ1) is 19.1. The van der Waals surface area contributed by atoms with Crippen LogP contribution in [0.15, 0.2) is 60.0 Å². The fraction of sp³-hybridized carbons (Fsp3) is 0.280. The third-order valence-electron chi connectivity index (χ3n) is 6.17. The van der Waals surface area contributed by atoms with Gasteiger partial charge in [0.1, 0.15) is 0 Å². The van der Waals surface area contributed by atoms with E-state index >= 15 is 0 Å². The van der Waals surface area contributed by atoms with Gasteiger partial charge in [-0.1, -0.05) is 37.3 Å². The molecule has 1 unspecified atom stereocenters. The molecule has 0 bridgehead atoms. The summed E-state index contributed by atoms with van der Waals surface area (Å²) in [6.07, 6.45) is 2.19. The van der Waals surface area contributed by atoms with E-state index in [2.05, 4.69) is 23.6 Å². The summed E-state index contributed by atoms with van der Waals surface area (Å²) in [6, 6.07) is 18.2. The zero-order valence-electron chi connectivity index (χ0n) is 17.0. The number of amides is 2. The van der Waals surface area contributed by atoms with Crippen molar-refractivity contribution in [1.29, 1.82) is 0 Å². The highest BCUT2D eigenvalue weighted by Crippen LogP contribution is 2.39. The highest BCUT2D eigenvalue weighted by atomic mass is 32.1. The SMILES string of the molecule is CCC(=O)N1CCc2cc(C(=O)N3CCc4sccc4C3c3ccccc3)ccc21. The van der Waals surface area contributed by atoms with Gasteiger partial charge in [0.05, 0.1) is 6.04 Å². The van der Waals surface area contributed by atoms with Gasteiger partial charge >= 0.3 is 0 Å². The van der Waals surface area contributed by atoms with E-state index in [9.17, 15) is 9.59 Å². The van der Waals surface area contributed by atoms with Gasteiger partial charge in [-0.05, 0) is 59.2 Å². The molecule has 0 fully saturated rings. The van der Waals surface area contributed by atoms with Crippen LogP contribution in [-0.4, -0.2) is 29.8 Å². The molecule has 0 aliphatic carbocycles. The van der Waals surface area contributed by atoms with Crippen molar-refractivity contribution in [3.63, 3.8) is 0 Å². The minimum Gasteiger partial charge on any atom is -0.327 e. The molecule has 5 rings (SSSR count). The first-order valence-corrected chi connectivity index (χ1v) is 11.4. The van der Waals surface area contributed by atoms with Crippen molar-refractivity contribution in [2.75, 3.05) is 18.0 Å². The number of anilines is 1. The van der Waals surface area contributed by atoms with Gasteiger partial charge in [0.2, 0.25) is 5.91 Å². The normalized spacial score (nSPS) is 17.6. The molecule has 2 aromatic carbocycles. The molecular formula is C25H24N2O2S. The van der Waals surface area contributed by atoms with Gasteiger partial charge < -0.3 is 9.80 Å². The Balaban J connectivity index is 1.49. The quantitative estimate of drug-likeness (QED) is 0.613. The van der Waals surface area contributed by atoms with E-state index in [4.69, 9.17) is 0 Å². The molecule has 0 saturated heterocycles. The molecule has 0 N–H and O–H groups in total. The zero-order valence-corrected chi connectivity index (χ0v) is 17.8. The van der Waals surface area contributed by atoms with Crippen molar-refractivity contribution in [2.45, 2.75) is 32.2 Å². The number of nitrogens with zero attached hydrogens (tertiary/aromatic N) is 2. The first-order valence-electron chi connectivity index (χ1n) is 10.5. The van der Waals surface area contributed by atoms with Crippen LogP contribution in [0.5, 0.6) is 0 Å². The third kappa shape index (κ3) is 3.14. The molecule has 2 amide bonds. The smallest absolute Gasteiger partial charge is 0.254 e. The number of fused-ring (bicyclic) bond motifs is 2. The molecule has 5 heteroatoms. The zero-order chi connectivity index (χ0) is 20.7. The van der Waals surface area contributed by atoms with Crippen LogP contribution >= 0.6 is 11.3 Å². The Labute approximate surface area is 180 Å². The number of carbonyl (C=O) groups excluding carboxylic acids is 2. The number of thiophene rings is 1. The summed E-state index contributed by atoms with van der Waals surface area (Å²) < 4.78 is 0. The average Bonchev–Trinajstić information content (AvgIpc) is 3.44. The fourth-order valence-corrected chi connectivity index (χ4v) is 5.58. The summed E-state index contributed by atoms with van der Waals surface area (Å²) in [5, 5.41) is 2.13. The van der Waals surface area contributed by atoms with E-state index in [1.807, 2.05) is 53.1 Å². The molecule has 0 spiro atoms. The van der Waals surface area contributed by atoms with Crippen molar-refractivity contribution >= 4 is 28.8 Å². The van der Waals surface area contributed by atoms with Gasteiger partial charge in [0, 0.05) is 35.6 Å². The van der Waals surface area contributed by atoms with Crippen molar-refractivity contribution in [3.05, 3.63) is 87.1 Å². The maximum Gasteiger partial charge on any atom is 0.254 e. The average molecular weight is 417 g/mol. The van der Waals surface area contributed by atoms with E-state index < -0.39 is 0 Å². The Morgan fingerprint density at radius 1 is 1.03 bits per heavy atom. The first-order chi connectivity index (χ1) is 14.7. The lowest BCUT2D eigenvalue weighted by atomic mass is 9.92. The molecule has 1 aromatic heterocycles. The molecule has 4 nitrogen and oxygen atoms in total. The van der Waals surface area contributed by atoms with Crippen LogP contribution in [0, 0.1) is 0 Å². The molecule has 3 aromatic rings. The molecule has 2 aliphatic heterocycles. The summed E-state index contributed by atoms with van der Waals surface area (Å²) in [6.45, 7) is 3.30. The fourth-order valence-electron chi connectivity index (χ4n) is 4.68. The molecule has 1 atom stereocenters. The monoisotopic (exact) mass is 416 g/mol. The maximum atomic E-state index is 13.6. The van der Waals surface area contributed by atoms with Crippen molar-refractivity contribution < 1.29 is 9.59 Å². The molecule has 3 heterocycles. The van der Waals surface area contributed by atoms with Gasteiger partial charge in [-0.15, -0.1) is 11.3 Å². The van der Waals surface area contributed by atoms with E-state index in [0.29, 0.717) is 25.1 Å². The number of hydrogen-bond donors (Lipinski definition) is 0. The number of benzene rings is 2. The largest absolute Gasteiger partial charge is 0.327 e. The van der Waals surface area contributed by atoms with E-state index in [0.717, 1.165) is 29.7 Å². The van der Waals surface area contributed by atoms with Crippen molar-refractivity contribution in [3.8, 4) is 0 Å². The predicted molar refractivity (Wildman–Crippen MR) is 120 cm³/mol. The highest BCUT2D eigenvalue weighted by molar-refractivity contribution is 7.10. The molecule has 30 heavy (non-hydrogen) atoms. The van der Waals surface area contributed by atoms with Crippen LogP contribution in [0.1, 0.15) is 51.3 Å². The molecule has 0 saturated carbocycles. The minimum atomic E-state index is -0.0554. The Morgan fingerprint density at radius 2 is 1.87 bits per heavy atom. The molecule has 0 radical (unpaired) electrons. The molecule has 2 aliphatic rings. The van der Waals surface area contributed by atoms with Crippen LogP contribution in [0.3, 0.4) is 0 Å². The van der Waals surface area contributed by atoms with Crippen LogP contribution in [0.4, 0.5) is 5.69 Å². The second kappa shape index (κ2) is 7.73. The standard InChI is InChI=1S/C25H24N2O2S/c1-2-23(28)26-13-10-18-16-19(8-9-21(18)26)25(29)27-14-11-22-20(12-15-30-22)24(27)17-6-4-3-5-7-17/h3-9,12,15-16,24H,2,10-11,13-14H2,1H3. The number of hydrogen-bond acceptors (Lipinski definition) is 3. The second-order valence-corrected chi connectivity index (χ2v) is 8.85. The minimum absolute atomic E-state index is 0.0554. The molecular weight excluding hydrogens is 392 g/mol. The third-order valence-corrected chi connectivity index (χ3v) is 7.16. The van der Waals surface area contributed by atoms with Gasteiger partial charge in [-0.3, -0.25) is 9.59 Å². The van der Waals surface area contributed by atoms with Gasteiger partial charge in [-0.2, -0.15) is 0 Å². The molecule has 152 valence electrons. The van der Waals surface area contributed by atoms with Crippen molar-refractivity contribution in [2.24, 2.45) is 0 Å². The van der Waals surface area contributed by atoms with Crippen LogP contribution in [-0.2, 0) is 17.6 Å². The topological polar surface area (TPSA) is 40.6 Å². The summed E-state index contributed by atoms with van der Waals surface area (Å²) >= 11 is 1.78. The highest BCUT2D eigenvalue weighted by Gasteiger charge is 2.34. The number of rotatable bonds is 3. The van der Waals surface area contributed by atoms with Gasteiger partial charge in [0.25, 0.3) is 5.91 Å². The van der Waals surface area contributed by atoms with Gasteiger partial charge in [0.15, 0.2) is 0 Å². The number of carbonyl (C=O) groups is 2.